The third kappa shape index (κ3) is 11.8. The van der Waals surface area contributed by atoms with Crippen LogP contribution in [0.15, 0.2) is 87.5 Å². The van der Waals surface area contributed by atoms with Crippen LogP contribution in [-0.2, 0) is 51.5 Å². The van der Waals surface area contributed by atoms with Crippen LogP contribution in [0.4, 0.5) is 4.39 Å². The molecule has 0 bridgehead atoms. The molecule has 3 aromatic rings. The van der Waals surface area contributed by atoms with Crippen LogP contribution in [0, 0.1) is 0 Å². The van der Waals surface area contributed by atoms with E-state index in [-0.39, 0.29) is 10.8 Å². The third-order valence-corrected chi connectivity index (χ3v) is 18.4. The van der Waals surface area contributed by atoms with Gasteiger partial charge in [-0.1, -0.05) is 104 Å². The fourth-order valence-electron chi connectivity index (χ4n) is 6.82. The van der Waals surface area contributed by atoms with Crippen LogP contribution in [0.2, 0.25) is 0 Å². The molecule has 0 spiro atoms. The quantitative estimate of drug-likeness (QED) is 0.0514. The van der Waals surface area contributed by atoms with E-state index in [1.54, 1.807) is 12.1 Å². The first-order valence-corrected chi connectivity index (χ1v) is 24.8. The largest absolute Gasteiger partial charge is 0.746 e. The molecule has 2 saturated carbocycles. The predicted molar refractivity (Wildman–Crippen MR) is 219 cm³/mol. The minimum Gasteiger partial charge on any atom is -0.746 e. The average Bonchev–Trinajstić information content (AvgIpc) is 3.15. The molecule has 0 saturated heterocycles. The number of alkyl halides is 1. The van der Waals surface area contributed by atoms with E-state index in [2.05, 4.69) is 94.9 Å². The van der Waals surface area contributed by atoms with Crippen molar-refractivity contribution >= 4 is 45.1 Å². The Labute approximate surface area is 336 Å². The maximum Gasteiger partial charge on any atom is 0.495 e. The van der Waals surface area contributed by atoms with E-state index < -0.39 is 67.7 Å². The molecule has 2 aliphatic rings. The number of ether oxygens (including phenoxy) is 1. The highest BCUT2D eigenvalue weighted by molar-refractivity contribution is 8.31. The van der Waals surface area contributed by atoms with Crippen LogP contribution in [0.3, 0.4) is 0 Å². The van der Waals surface area contributed by atoms with E-state index in [1.807, 2.05) is 12.1 Å². The van der Waals surface area contributed by atoms with Crippen LogP contribution in [0.5, 0.6) is 5.75 Å². The van der Waals surface area contributed by atoms with Gasteiger partial charge in [-0.2, -0.15) is 0 Å². The maximum absolute atomic E-state index is 13.5. The van der Waals surface area contributed by atoms with E-state index >= 15 is 0 Å². The van der Waals surface area contributed by atoms with Gasteiger partial charge in [0.05, 0.1) is 21.4 Å². The Morgan fingerprint density at radius 2 is 1.02 bits per heavy atom. The highest BCUT2D eigenvalue weighted by Crippen LogP contribution is 2.35. The summed E-state index contributed by atoms with van der Waals surface area (Å²) in [6.45, 7) is 12.3. The summed E-state index contributed by atoms with van der Waals surface area (Å²) in [7, 11) is -13.6. The molecular formula is C41H55FN2O8S4. The molecule has 308 valence electrons. The third-order valence-electron chi connectivity index (χ3n) is 10.2. The highest BCUT2D eigenvalue weighted by Gasteiger charge is 2.50. The average molecular weight is 851 g/mol. The van der Waals surface area contributed by atoms with E-state index in [9.17, 15) is 34.2 Å². The lowest BCUT2D eigenvalue weighted by atomic mass is 9.87. The van der Waals surface area contributed by atoms with Crippen LogP contribution >= 0.6 is 0 Å². The molecule has 0 aromatic heterocycles. The summed E-state index contributed by atoms with van der Waals surface area (Å²) in [5.74, 6) is 0.301. The van der Waals surface area contributed by atoms with Crippen LogP contribution in [0.1, 0.15) is 117 Å². The minimum absolute atomic E-state index is 0.0519. The minimum atomic E-state index is -5.04. The molecule has 1 atom stereocenters. The van der Waals surface area contributed by atoms with E-state index in [4.69, 9.17) is 10.3 Å². The standard InChI is InChI=1S/C28H33FO4S2.C13H22N2O4S2/c1-27(2,3)20-7-13-23(14-8-20)34(24-15-9-21(10-16-24)28(4,5)6)25-17-11-22(12-18-25)33-19-26(29)35(30,31)32;14-15-13(20(16,17)11-7-3-1-4-8-11)21(18,19)12-9-5-2-6-10-12/h7-18,26H,19H2,1-6H3;11-12H,1-10H2. The number of benzene rings is 3. The zero-order valence-corrected chi connectivity index (χ0v) is 36.4. The Kier molecular flexibility index (Phi) is 15.2. The lowest BCUT2D eigenvalue weighted by molar-refractivity contribution is 0.00359. The van der Waals surface area contributed by atoms with Gasteiger partial charge in [0.25, 0.3) is 19.7 Å². The molecule has 3 aromatic carbocycles. The van der Waals surface area contributed by atoms with Gasteiger partial charge in [-0.25, -0.2) is 29.6 Å². The van der Waals surface area contributed by atoms with Crippen molar-refractivity contribution in [3.63, 3.8) is 0 Å². The van der Waals surface area contributed by atoms with Gasteiger partial charge in [-0.3, -0.25) is 0 Å². The monoisotopic (exact) mass is 850 g/mol. The molecule has 2 fully saturated rings. The number of rotatable bonds is 9. The molecule has 0 aliphatic heterocycles. The first-order valence-electron chi connectivity index (χ1n) is 19.0. The number of hydrogen-bond acceptors (Lipinski definition) is 8. The van der Waals surface area contributed by atoms with Gasteiger partial charge in [-0.05, 0) is 96.2 Å². The van der Waals surface area contributed by atoms with Crippen molar-refractivity contribution in [1.82, 2.24) is 0 Å². The van der Waals surface area contributed by atoms with Gasteiger partial charge >= 0.3 is 4.38 Å². The molecule has 0 N–H and O–H groups in total. The predicted octanol–water partition coefficient (Wildman–Crippen LogP) is 8.66. The molecule has 10 nitrogen and oxygen atoms in total. The summed E-state index contributed by atoms with van der Waals surface area (Å²) in [5.41, 5.74) is 9.10. The summed E-state index contributed by atoms with van der Waals surface area (Å²) in [6.07, 6.45) is 6.79. The van der Waals surface area contributed by atoms with Crippen molar-refractivity contribution in [3.05, 3.63) is 89.5 Å². The fraction of sp³-hybridized carbons (Fsp3) is 0.537. The molecule has 0 amide bonds. The van der Waals surface area contributed by atoms with Gasteiger partial charge in [0.1, 0.15) is 22.5 Å². The zero-order chi connectivity index (χ0) is 41.5. The highest BCUT2D eigenvalue weighted by atomic mass is 32.3. The summed E-state index contributed by atoms with van der Waals surface area (Å²) < 4.78 is 100. The summed E-state index contributed by atoms with van der Waals surface area (Å²) in [5, 5.41) is -1.45. The second kappa shape index (κ2) is 18.7. The van der Waals surface area contributed by atoms with Crippen LogP contribution < -0.4 is 4.74 Å². The number of nitrogens with zero attached hydrogens (tertiary/aromatic N) is 2. The van der Waals surface area contributed by atoms with Gasteiger partial charge < -0.3 is 14.8 Å². The number of hydrogen-bond donors (Lipinski definition) is 0. The Bertz CT molecular complexity index is 2040. The molecule has 5 rings (SSSR count). The summed E-state index contributed by atoms with van der Waals surface area (Å²) in [6, 6.07) is 24.5. The van der Waals surface area contributed by atoms with Gasteiger partial charge in [-0.15, -0.1) is 4.79 Å². The normalized spacial score (nSPS) is 17.0. The molecule has 2 aliphatic carbocycles. The molecule has 1 unspecified atom stereocenters. The van der Waals surface area contributed by atoms with E-state index in [0.29, 0.717) is 31.4 Å². The number of halogens is 1. The first-order chi connectivity index (χ1) is 26.1. The van der Waals surface area contributed by atoms with Crippen molar-refractivity contribution < 1.29 is 43.7 Å². The SMILES string of the molecule is CC(C)(C)c1ccc([S+](c2ccc(OCC(F)S(=O)(=O)[O-])cc2)c2ccc(C(C)(C)C)cc2)cc1.[N-]=[N+]=C(S(=O)(=O)C1CCCCC1)S(=O)(=O)C1CCCCC1. The molecular weight excluding hydrogens is 796 g/mol. The molecule has 56 heavy (non-hydrogen) atoms. The van der Waals surface area contributed by atoms with Gasteiger partial charge in [0.2, 0.25) is 5.50 Å². The van der Waals surface area contributed by atoms with E-state index in [0.717, 1.165) is 53.2 Å². The number of sulfone groups is 2. The fourth-order valence-corrected chi connectivity index (χ4v) is 13.9. The van der Waals surface area contributed by atoms with Crippen molar-refractivity contribution in [2.75, 3.05) is 6.61 Å². The topological polar surface area (TPSA) is 171 Å². The van der Waals surface area contributed by atoms with Crippen molar-refractivity contribution in [2.24, 2.45) is 0 Å². The van der Waals surface area contributed by atoms with Crippen molar-refractivity contribution in [1.29, 1.82) is 0 Å². The smallest absolute Gasteiger partial charge is 0.495 e. The van der Waals surface area contributed by atoms with Crippen LogP contribution in [0.25, 0.3) is 5.53 Å². The summed E-state index contributed by atoms with van der Waals surface area (Å²) >= 11 is 0. The first kappa shape index (κ1) is 45.6. The summed E-state index contributed by atoms with van der Waals surface area (Å²) in [4.78, 5) is 6.09. The second-order valence-electron chi connectivity index (χ2n) is 16.5. The Morgan fingerprint density at radius 3 is 1.32 bits per heavy atom. The second-order valence-corrected chi connectivity index (χ2v) is 24.6. The molecule has 15 heteroatoms. The Balaban J connectivity index is 0.000000282. The Morgan fingerprint density at radius 1 is 0.679 bits per heavy atom. The molecule has 0 radical (unpaired) electrons. The lowest BCUT2D eigenvalue weighted by Gasteiger charge is -2.22. The maximum atomic E-state index is 13.5. The lowest BCUT2D eigenvalue weighted by Crippen LogP contribution is -2.40. The van der Waals surface area contributed by atoms with Crippen LogP contribution in [-0.4, -0.2) is 61.6 Å². The van der Waals surface area contributed by atoms with E-state index in [1.165, 1.54) is 11.1 Å². The molecule has 0 heterocycles. The van der Waals surface area contributed by atoms with Gasteiger partial charge in [0.15, 0.2) is 14.7 Å². The zero-order valence-electron chi connectivity index (χ0n) is 33.1. The van der Waals surface area contributed by atoms with Crippen molar-refractivity contribution in [2.45, 2.75) is 147 Å². The van der Waals surface area contributed by atoms with Crippen molar-refractivity contribution in [3.8, 4) is 5.75 Å². The van der Waals surface area contributed by atoms with Gasteiger partial charge in [0, 0.05) is 0 Å². The Hall–Kier alpha value is -3.07.